The van der Waals surface area contributed by atoms with E-state index < -0.39 is 0 Å². The number of rotatable bonds is 2. The average molecular weight is 201 g/mol. The predicted molar refractivity (Wildman–Crippen MR) is 60.9 cm³/mol. The second-order valence-corrected chi connectivity index (χ2v) is 4.49. The molecule has 2 heterocycles. The van der Waals surface area contributed by atoms with Gasteiger partial charge in [-0.25, -0.2) is 0 Å². The van der Waals surface area contributed by atoms with E-state index in [1.807, 2.05) is 12.4 Å². The summed E-state index contributed by atoms with van der Waals surface area (Å²) in [5.74, 6) is 0. The van der Waals surface area contributed by atoms with Crippen LogP contribution in [0.25, 0.3) is 10.9 Å². The lowest BCUT2D eigenvalue weighted by molar-refractivity contribution is 0.377. The van der Waals surface area contributed by atoms with E-state index in [1.165, 1.54) is 17.3 Å². The number of hydrogen-bond donors (Lipinski definition) is 0. The molecule has 0 N–H and O–H groups in total. The maximum absolute atomic E-state index is 4.19. The Labute approximate surface area is 89.3 Å². The fraction of sp³-hybridized carbons (Fsp3) is 0.417. The van der Waals surface area contributed by atoms with E-state index in [-0.39, 0.29) is 0 Å². The van der Waals surface area contributed by atoms with Crippen molar-refractivity contribution in [1.29, 1.82) is 0 Å². The zero-order valence-corrected chi connectivity index (χ0v) is 9.09. The van der Waals surface area contributed by atoms with Gasteiger partial charge in [-0.1, -0.05) is 0 Å². The van der Waals surface area contributed by atoms with Crippen molar-refractivity contribution in [2.24, 2.45) is 0 Å². The van der Waals surface area contributed by atoms with Gasteiger partial charge in [0.2, 0.25) is 0 Å². The van der Waals surface area contributed by atoms with Crippen molar-refractivity contribution in [3.8, 4) is 0 Å². The quantitative estimate of drug-likeness (QED) is 0.740. The first-order chi connectivity index (χ1) is 7.27. The summed E-state index contributed by atoms with van der Waals surface area (Å²) in [5, 5.41) is 1.29. The molecule has 2 unspecified atom stereocenters. The van der Waals surface area contributed by atoms with Gasteiger partial charge in [-0.2, -0.15) is 0 Å². The van der Waals surface area contributed by atoms with E-state index in [9.17, 15) is 0 Å². The highest BCUT2D eigenvalue weighted by Gasteiger charge is 2.40. The van der Waals surface area contributed by atoms with Crippen LogP contribution >= 0.6 is 0 Å². The first-order valence-corrected chi connectivity index (χ1v) is 5.34. The second-order valence-electron chi connectivity index (χ2n) is 4.49. The molecule has 0 saturated heterocycles. The molecule has 78 valence electrons. The van der Waals surface area contributed by atoms with E-state index in [0.717, 1.165) is 0 Å². The Morgan fingerprint density at radius 2 is 2.27 bits per heavy atom. The predicted octanol–water partition coefficient (Wildman–Crippen LogP) is 1.91. The monoisotopic (exact) mass is 201 g/mol. The van der Waals surface area contributed by atoms with Crippen LogP contribution in [0.3, 0.4) is 0 Å². The normalized spacial score (nSPS) is 25.0. The molecule has 1 saturated carbocycles. The first-order valence-electron chi connectivity index (χ1n) is 5.34. The molecule has 3 heteroatoms. The summed E-state index contributed by atoms with van der Waals surface area (Å²) in [6.45, 7) is 0. The molecule has 0 spiro atoms. The molecule has 1 fully saturated rings. The second kappa shape index (κ2) is 3.07. The lowest BCUT2D eigenvalue weighted by atomic mass is 10.3. The van der Waals surface area contributed by atoms with Crippen LogP contribution < -0.4 is 0 Å². The molecule has 0 aromatic carbocycles. The zero-order valence-electron chi connectivity index (χ0n) is 9.09. The highest BCUT2D eigenvalue weighted by atomic mass is 15.2. The Balaban J connectivity index is 2.00. The fourth-order valence-electron chi connectivity index (χ4n) is 2.31. The molecule has 3 nitrogen and oxygen atoms in total. The van der Waals surface area contributed by atoms with Crippen LogP contribution in [0.2, 0.25) is 0 Å². The van der Waals surface area contributed by atoms with Crippen LogP contribution in [0.15, 0.2) is 30.7 Å². The maximum Gasteiger partial charge on any atom is 0.0669 e. The van der Waals surface area contributed by atoms with E-state index in [1.54, 1.807) is 0 Å². The number of hydrogen-bond acceptors (Lipinski definition) is 2. The standard InChI is InChI=1S/C12H15N3/c1-14(2)10-7-11(10)15-6-4-9-3-5-13-8-12(9)15/h3-6,8,10-11H,7H2,1-2H3. The number of nitrogens with zero attached hydrogens (tertiary/aromatic N) is 3. The van der Waals surface area contributed by atoms with E-state index in [4.69, 9.17) is 0 Å². The van der Waals surface area contributed by atoms with Gasteiger partial charge in [-0.3, -0.25) is 4.98 Å². The van der Waals surface area contributed by atoms with Crippen LogP contribution in [-0.2, 0) is 0 Å². The third kappa shape index (κ3) is 1.35. The number of pyridine rings is 1. The minimum atomic E-state index is 0.640. The molecule has 0 aliphatic heterocycles. The summed E-state index contributed by atoms with van der Waals surface area (Å²) in [6, 6.07) is 5.57. The van der Waals surface area contributed by atoms with E-state index in [2.05, 4.69) is 46.9 Å². The minimum absolute atomic E-state index is 0.640. The number of aromatic nitrogens is 2. The van der Waals surface area contributed by atoms with Crippen LogP contribution in [0.1, 0.15) is 12.5 Å². The van der Waals surface area contributed by atoms with Crippen LogP contribution in [0.4, 0.5) is 0 Å². The molecule has 2 aromatic heterocycles. The van der Waals surface area contributed by atoms with E-state index >= 15 is 0 Å². The molecule has 3 rings (SSSR count). The molecule has 0 bridgehead atoms. The summed E-state index contributed by atoms with van der Waals surface area (Å²) < 4.78 is 2.35. The van der Waals surface area contributed by atoms with Crippen LogP contribution in [0.5, 0.6) is 0 Å². The van der Waals surface area contributed by atoms with Crippen molar-refractivity contribution in [3.63, 3.8) is 0 Å². The Hall–Kier alpha value is -1.35. The largest absolute Gasteiger partial charge is 0.342 e. The average Bonchev–Trinajstić information content (AvgIpc) is 2.92. The van der Waals surface area contributed by atoms with Gasteiger partial charge in [0.1, 0.15) is 0 Å². The molecule has 0 amide bonds. The Morgan fingerprint density at radius 3 is 3.00 bits per heavy atom. The molecule has 1 aliphatic carbocycles. The topological polar surface area (TPSA) is 21.1 Å². The summed E-state index contributed by atoms with van der Waals surface area (Å²) >= 11 is 0. The highest BCUT2D eigenvalue weighted by Crippen LogP contribution is 2.41. The Morgan fingerprint density at radius 1 is 1.40 bits per heavy atom. The molecule has 0 radical (unpaired) electrons. The minimum Gasteiger partial charge on any atom is -0.342 e. The van der Waals surface area contributed by atoms with Crippen molar-refractivity contribution >= 4 is 10.9 Å². The van der Waals surface area contributed by atoms with Gasteiger partial charge >= 0.3 is 0 Å². The molecular weight excluding hydrogens is 186 g/mol. The third-order valence-corrected chi connectivity index (χ3v) is 3.27. The molecular formula is C12H15N3. The Kier molecular flexibility index (Phi) is 1.83. The van der Waals surface area contributed by atoms with E-state index in [0.29, 0.717) is 12.1 Å². The lowest BCUT2D eigenvalue weighted by Gasteiger charge is -2.10. The number of fused-ring (bicyclic) bond motifs is 1. The lowest BCUT2D eigenvalue weighted by Crippen LogP contribution is -2.17. The van der Waals surface area contributed by atoms with Gasteiger partial charge in [-0.05, 0) is 32.6 Å². The van der Waals surface area contributed by atoms with Gasteiger partial charge < -0.3 is 9.47 Å². The molecule has 2 aromatic rings. The smallest absolute Gasteiger partial charge is 0.0669 e. The first kappa shape index (κ1) is 8.92. The summed E-state index contributed by atoms with van der Waals surface area (Å²) in [7, 11) is 4.29. The fourth-order valence-corrected chi connectivity index (χ4v) is 2.31. The van der Waals surface area contributed by atoms with Gasteiger partial charge in [0, 0.05) is 23.8 Å². The van der Waals surface area contributed by atoms with Gasteiger partial charge in [-0.15, -0.1) is 0 Å². The van der Waals surface area contributed by atoms with Gasteiger partial charge in [0.05, 0.1) is 17.8 Å². The summed E-state index contributed by atoms with van der Waals surface area (Å²) in [4.78, 5) is 6.49. The summed E-state index contributed by atoms with van der Waals surface area (Å²) in [5.41, 5.74) is 1.26. The maximum atomic E-state index is 4.19. The van der Waals surface area contributed by atoms with Crippen LogP contribution in [-0.4, -0.2) is 34.6 Å². The van der Waals surface area contributed by atoms with Crippen molar-refractivity contribution in [2.45, 2.75) is 18.5 Å². The Bertz CT molecular complexity index is 486. The van der Waals surface area contributed by atoms with Crippen LogP contribution in [0, 0.1) is 0 Å². The van der Waals surface area contributed by atoms with Crippen molar-refractivity contribution in [2.75, 3.05) is 14.1 Å². The van der Waals surface area contributed by atoms with Crippen molar-refractivity contribution in [1.82, 2.24) is 14.5 Å². The van der Waals surface area contributed by atoms with Gasteiger partial charge in [0.25, 0.3) is 0 Å². The zero-order chi connectivity index (χ0) is 10.4. The highest BCUT2D eigenvalue weighted by molar-refractivity contribution is 5.79. The molecule has 2 atom stereocenters. The molecule has 15 heavy (non-hydrogen) atoms. The third-order valence-electron chi connectivity index (χ3n) is 3.27. The van der Waals surface area contributed by atoms with Gasteiger partial charge in [0.15, 0.2) is 0 Å². The van der Waals surface area contributed by atoms with Crippen molar-refractivity contribution in [3.05, 3.63) is 30.7 Å². The SMILES string of the molecule is CN(C)C1CC1n1ccc2ccncc21. The summed E-state index contributed by atoms with van der Waals surface area (Å²) in [6.07, 6.45) is 7.25. The van der Waals surface area contributed by atoms with Crippen molar-refractivity contribution < 1.29 is 0 Å². The molecule has 1 aliphatic rings. The number of likely N-dealkylation sites (N-methyl/N-ethyl adjacent to an activating group) is 1.